The molecule has 1 N–H and O–H groups in total. The second-order valence-electron chi connectivity index (χ2n) is 8.58. The van der Waals surface area contributed by atoms with Gasteiger partial charge in [-0.3, -0.25) is 14.5 Å². The first-order valence-electron chi connectivity index (χ1n) is 11.5. The predicted molar refractivity (Wildman–Crippen MR) is 134 cm³/mol. The highest BCUT2D eigenvalue weighted by molar-refractivity contribution is 6.51. The van der Waals surface area contributed by atoms with Crippen molar-refractivity contribution in [1.82, 2.24) is 0 Å². The third-order valence-electron chi connectivity index (χ3n) is 6.03. The van der Waals surface area contributed by atoms with E-state index in [0.29, 0.717) is 35.4 Å². The zero-order valence-electron chi connectivity index (χ0n) is 19.9. The number of hydrogen-bond donors (Lipinski definition) is 1. The maximum absolute atomic E-state index is 13.3. The summed E-state index contributed by atoms with van der Waals surface area (Å²) in [5, 5.41) is 11.3. The fourth-order valence-electron chi connectivity index (χ4n) is 4.22. The Labute approximate surface area is 204 Å². The van der Waals surface area contributed by atoms with Crippen LogP contribution in [0.1, 0.15) is 52.0 Å². The number of hydrogen-bond acceptors (Lipinski definition) is 5. The molecule has 4 rings (SSSR count). The number of Topliss-reactive ketones (excluding diaryl/α,β-unsaturated/α-hetero) is 1. The number of benzene rings is 3. The summed E-state index contributed by atoms with van der Waals surface area (Å²) < 4.78 is 5.18. The fourth-order valence-corrected chi connectivity index (χ4v) is 4.22. The Kier molecular flexibility index (Phi) is 6.82. The van der Waals surface area contributed by atoms with Crippen molar-refractivity contribution < 1.29 is 24.2 Å². The molecule has 178 valence electrons. The number of anilines is 1. The first-order chi connectivity index (χ1) is 16.8. The van der Waals surface area contributed by atoms with Crippen LogP contribution < -0.4 is 4.90 Å². The van der Waals surface area contributed by atoms with Gasteiger partial charge in [0.1, 0.15) is 5.76 Å². The molecule has 6 heteroatoms. The Hall–Kier alpha value is -4.19. The second-order valence-corrected chi connectivity index (χ2v) is 8.58. The average molecular weight is 470 g/mol. The van der Waals surface area contributed by atoms with Gasteiger partial charge in [-0.1, -0.05) is 55.0 Å². The maximum atomic E-state index is 13.3. The summed E-state index contributed by atoms with van der Waals surface area (Å²) in [7, 11) is 0. The third kappa shape index (κ3) is 4.60. The monoisotopic (exact) mass is 469 g/mol. The summed E-state index contributed by atoms with van der Waals surface area (Å²) in [6.45, 7) is 5.98. The van der Waals surface area contributed by atoms with E-state index in [9.17, 15) is 19.5 Å². The molecule has 1 unspecified atom stereocenters. The molecular formula is C29H27NO5. The molecule has 1 saturated heterocycles. The number of nitrogens with zero attached hydrogens (tertiary/aromatic N) is 1. The maximum Gasteiger partial charge on any atom is 0.338 e. The summed E-state index contributed by atoms with van der Waals surface area (Å²) in [5.74, 6) is -2.16. The highest BCUT2D eigenvalue weighted by atomic mass is 16.5. The van der Waals surface area contributed by atoms with Crippen LogP contribution in [0.25, 0.3) is 5.76 Å². The van der Waals surface area contributed by atoms with Crippen LogP contribution in [-0.2, 0) is 14.3 Å². The average Bonchev–Trinajstić information content (AvgIpc) is 3.14. The molecule has 1 aliphatic rings. The molecule has 1 atom stereocenters. The van der Waals surface area contributed by atoms with Crippen molar-refractivity contribution >= 4 is 29.1 Å². The van der Waals surface area contributed by atoms with Crippen LogP contribution in [0.15, 0.2) is 78.4 Å². The van der Waals surface area contributed by atoms with Crippen LogP contribution >= 0.6 is 0 Å². The fraction of sp³-hybridized carbons (Fsp3) is 0.207. The van der Waals surface area contributed by atoms with E-state index in [2.05, 4.69) is 0 Å². The van der Waals surface area contributed by atoms with Crippen LogP contribution in [-0.4, -0.2) is 29.4 Å². The Morgan fingerprint density at radius 2 is 1.66 bits per heavy atom. The van der Waals surface area contributed by atoms with E-state index in [1.54, 1.807) is 30.3 Å². The zero-order valence-corrected chi connectivity index (χ0v) is 19.9. The summed E-state index contributed by atoms with van der Waals surface area (Å²) in [6, 6.07) is 20.2. The molecule has 0 spiro atoms. The number of aliphatic hydroxyl groups is 1. The minimum atomic E-state index is -0.825. The van der Waals surface area contributed by atoms with Crippen molar-refractivity contribution in [1.29, 1.82) is 0 Å². The number of aliphatic hydroxyl groups excluding tert-OH is 1. The van der Waals surface area contributed by atoms with Crippen molar-refractivity contribution in [2.45, 2.75) is 33.2 Å². The van der Waals surface area contributed by atoms with Crippen molar-refractivity contribution in [3.63, 3.8) is 0 Å². The van der Waals surface area contributed by atoms with Gasteiger partial charge in [0.15, 0.2) is 0 Å². The van der Waals surface area contributed by atoms with Gasteiger partial charge < -0.3 is 9.84 Å². The number of esters is 1. The van der Waals surface area contributed by atoms with E-state index in [-0.39, 0.29) is 11.3 Å². The molecule has 0 saturated carbocycles. The van der Waals surface area contributed by atoms with Gasteiger partial charge in [0.05, 0.1) is 23.8 Å². The number of ketones is 1. The first kappa shape index (κ1) is 24.0. The second kappa shape index (κ2) is 9.97. The predicted octanol–water partition coefficient (Wildman–Crippen LogP) is 5.50. The first-order valence-corrected chi connectivity index (χ1v) is 11.5. The van der Waals surface area contributed by atoms with E-state index >= 15 is 0 Å². The molecule has 0 aliphatic carbocycles. The van der Waals surface area contributed by atoms with Crippen molar-refractivity contribution in [3.8, 4) is 0 Å². The third-order valence-corrected chi connectivity index (χ3v) is 6.03. The molecule has 0 aromatic heterocycles. The van der Waals surface area contributed by atoms with E-state index in [0.717, 1.165) is 11.1 Å². The Bertz CT molecular complexity index is 1310. The van der Waals surface area contributed by atoms with Gasteiger partial charge in [0.2, 0.25) is 0 Å². The van der Waals surface area contributed by atoms with E-state index in [1.807, 2.05) is 63.2 Å². The Morgan fingerprint density at radius 1 is 0.971 bits per heavy atom. The number of rotatable bonds is 6. The van der Waals surface area contributed by atoms with Gasteiger partial charge in [-0.2, -0.15) is 0 Å². The van der Waals surface area contributed by atoms with Crippen LogP contribution in [0.2, 0.25) is 0 Å². The molecular weight excluding hydrogens is 442 g/mol. The molecule has 35 heavy (non-hydrogen) atoms. The Morgan fingerprint density at radius 3 is 2.31 bits per heavy atom. The standard InChI is InChI=1S/C29H27NO5/c1-4-16-35-29(34)21-12-14-22(15-13-21)30-25(20-8-6-5-7-9-20)24(27(32)28(30)33)26(31)23-17-18(2)10-11-19(23)3/h5-15,17,25,31H,4,16H2,1-3H3/b26-24+. The smallest absolute Gasteiger partial charge is 0.338 e. The Balaban J connectivity index is 1.84. The quantitative estimate of drug-likeness (QED) is 0.223. The number of carbonyl (C=O) groups excluding carboxylic acids is 3. The van der Waals surface area contributed by atoms with Gasteiger partial charge in [-0.05, 0) is 61.7 Å². The van der Waals surface area contributed by atoms with E-state index < -0.39 is 23.7 Å². The largest absolute Gasteiger partial charge is 0.507 e. The number of carbonyl (C=O) groups is 3. The number of ether oxygens (including phenoxy) is 1. The highest BCUT2D eigenvalue weighted by Gasteiger charge is 2.47. The van der Waals surface area contributed by atoms with Crippen LogP contribution in [0.4, 0.5) is 5.69 Å². The van der Waals surface area contributed by atoms with Gasteiger partial charge >= 0.3 is 5.97 Å². The molecule has 1 fully saturated rings. The van der Waals surface area contributed by atoms with Crippen molar-refractivity contribution in [3.05, 3.63) is 106 Å². The minimum Gasteiger partial charge on any atom is -0.507 e. The summed E-state index contributed by atoms with van der Waals surface area (Å²) in [5.41, 5.74) is 3.73. The lowest BCUT2D eigenvalue weighted by atomic mass is 9.93. The minimum absolute atomic E-state index is 0.0290. The van der Waals surface area contributed by atoms with E-state index in [1.165, 1.54) is 4.90 Å². The lowest BCUT2D eigenvalue weighted by Gasteiger charge is -2.25. The molecule has 0 radical (unpaired) electrons. The lowest BCUT2D eigenvalue weighted by Crippen LogP contribution is -2.29. The van der Waals surface area contributed by atoms with Gasteiger partial charge in [0.25, 0.3) is 11.7 Å². The molecule has 3 aromatic carbocycles. The van der Waals surface area contributed by atoms with Gasteiger partial charge in [-0.25, -0.2) is 4.79 Å². The van der Waals surface area contributed by atoms with Gasteiger partial charge in [0, 0.05) is 11.3 Å². The van der Waals surface area contributed by atoms with Crippen molar-refractivity contribution in [2.24, 2.45) is 0 Å². The molecule has 3 aromatic rings. The summed E-state index contributed by atoms with van der Waals surface area (Å²) in [6.07, 6.45) is 0.714. The highest BCUT2D eigenvalue weighted by Crippen LogP contribution is 2.42. The van der Waals surface area contributed by atoms with E-state index in [4.69, 9.17) is 4.74 Å². The number of aryl methyl sites for hydroxylation is 2. The van der Waals surface area contributed by atoms with Crippen LogP contribution in [0, 0.1) is 13.8 Å². The molecule has 0 bridgehead atoms. The molecule has 1 amide bonds. The molecule has 1 heterocycles. The number of amides is 1. The normalized spacial score (nSPS) is 17.0. The van der Waals surface area contributed by atoms with Crippen LogP contribution in [0.5, 0.6) is 0 Å². The summed E-state index contributed by atoms with van der Waals surface area (Å²) in [4.78, 5) is 40.2. The SMILES string of the molecule is CCCOC(=O)c1ccc(N2C(=O)C(=O)/C(=C(/O)c3cc(C)ccc3C)C2c2ccccc2)cc1. The zero-order chi connectivity index (χ0) is 25.1. The lowest BCUT2D eigenvalue weighted by molar-refractivity contribution is -0.132. The topological polar surface area (TPSA) is 83.9 Å². The molecule has 6 nitrogen and oxygen atoms in total. The molecule has 1 aliphatic heterocycles. The van der Waals surface area contributed by atoms with Crippen LogP contribution in [0.3, 0.4) is 0 Å². The summed E-state index contributed by atoms with van der Waals surface area (Å²) >= 11 is 0. The van der Waals surface area contributed by atoms with Crippen molar-refractivity contribution in [2.75, 3.05) is 11.5 Å². The van der Waals surface area contributed by atoms with Gasteiger partial charge in [-0.15, -0.1) is 0 Å².